The van der Waals surface area contributed by atoms with Crippen molar-refractivity contribution in [2.24, 2.45) is 5.92 Å². The lowest BCUT2D eigenvalue weighted by atomic mass is 10.2. The van der Waals surface area contributed by atoms with Gasteiger partial charge in [-0.1, -0.05) is 11.6 Å². The first-order chi connectivity index (χ1) is 13.3. The summed E-state index contributed by atoms with van der Waals surface area (Å²) in [5.74, 6) is 1.76. The van der Waals surface area contributed by atoms with Gasteiger partial charge in [0.15, 0.2) is 0 Å². The SMILES string of the molecule is Clc1ccc(-n2c(-c3ccc(NCC4CC4)nc3)cc3ccncc32)cc1. The number of benzene rings is 1. The van der Waals surface area contributed by atoms with Crippen LogP contribution in [-0.4, -0.2) is 21.1 Å². The predicted molar refractivity (Wildman–Crippen MR) is 111 cm³/mol. The van der Waals surface area contributed by atoms with E-state index in [-0.39, 0.29) is 0 Å². The van der Waals surface area contributed by atoms with E-state index in [4.69, 9.17) is 11.6 Å². The van der Waals surface area contributed by atoms with Crippen LogP contribution in [0.3, 0.4) is 0 Å². The van der Waals surface area contributed by atoms with Crippen molar-refractivity contribution in [2.45, 2.75) is 12.8 Å². The molecule has 0 spiro atoms. The highest BCUT2D eigenvalue weighted by Gasteiger charge is 2.20. The molecular weight excluding hydrogens is 356 g/mol. The summed E-state index contributed by atoms with van der Waals surface area (Å²) in [6, 6.07) is 16.3. The number of rotatable bonds is 5. The number of fused-ring (bicyclic) bond motifs is 1. The molecule has 3 aromatic heterocycles. The van der Waals surface area contributed by atoms with Crippen molar-refractivity contribution in [1.82, 2.24) is 14.5 Å². The van der Waals surface area contributed by atoms with Crippen molar-refractivity contribution in [3.63, 3.8) is 0 Å². The summed E-state index contributed by atoms with van der Waals surface area (Å²) in [5, 5.41) is 5.29. The molecule has 1 aliphatic carbocycles. The Labute approximate surface area is 162 Å². The Bertz CT molecular complexity index is 1080. The van der Waals surface area contributed by atoms with Crippen molar-refractivity contribution in [2.75, 3.05) is 11.9 Å². The van der Waals surface area contributed by atoms with E-state index >= 15 is 0 Å². The molecule has 1 aliphatic rings. The lowest BCUT2D eigenvalue weighted by Crippen LogP contribution is -2.04. The van der Waals surface area contributed by atoms with Crippen LogP contribution in [0.15, 0.2) is 67.1 Å². The third-order valence-electron chi connectivity index (χ3n) is 5.02. The minimum atomic E-state index is 0.725. The molecule has 0 radical (unpaired) electrons. The normalized spacial score (nSPS) is 13.8. The number of nitrogens with zero attached hydrogens (tertiary/aromatic N) is 3. The van der Waals surface area contributed by atoms with Crippen molar-refractivity contribution >= 4 is 28.3 Å². The highest BCUT2D eigenvalue weighted by molar-refractivity contribution is 6.30. The Morgan fingerprint density at radius 3 is 2.63 bits per heavy atom. The molecule has 3 heterocycles. The number of pyridine rings is 2. The maximum absolute atomic E-state index is 6.08. The van der Waals surface area contributed by atoms with Gasteiger partial charge in [0.2, 0.25) is 0 Å². The van der Waals surface area contributed by atoms with Gasteiger partial charge < -0.3 is 9.88 Å². The highest BCUT2D eigenvalue weighted by Crippen LogP contribution is 2.32. The smallest absolute Gasteiger partial charge is 0.125 e. The average molecular weight is 375 g/mol. The Kier molecular flexibility index (Phi) is 4.06. The van der Waals surface area contributed by atoms with Gasteiger partial charge in [-0.25, -0.2) is 4.98 Å². The molecule has 0 amide bonds. The number of anilines is 1. The second-order valence-electron chi connectivity index (χ2n) is 7.03. The minimum absolute atomic E-state index is 0.725. The van der Waals surface area contributed by atoms with Gasteiger partial charge in [0.1, 0.15) is 5.82 Å². The molecule has 5 heteroatoms. The number of hydrogen-bond acceptors (Lipinski definition) is 3. The molecule has 0 bridgehead atoms. The van der Waals surface area contributed by atoms with Crippen molar-refractivity contribution in [3.8, 4) is 16.9 Å². The van der Waals surface area contributed by atoms with Gasteiger partial charge in [-0.3, -0.25) is 4.98 Å². The molecule has 0 atom stereocenters. The standard InChI is InChI=1S/C22H19ClN4/c23-18-4-6-19(7-5-18)27-20(11-16-9-10-24-14-21(16)27)17-3-8-22(26-13-17)25-12-15-1-2-15/h3-11,13-15H,1-2,12H2,(H,25,26). The van der Waals surface area contributed by atoms with Crippen LogP contribution in [-0.2, 0) is 0 Å². The van der Waals surface area contributed by atoms with Crippen LogP contribution < -0.4 is 5.32 Å². The van der Waals surface area contributed by atoms with Crippen LogP contribution in [0.2, 0.25) is 5.02 Å². The summed E-state index contributed by atoms with van der Waals surface area (Å²) < 4.78 is 2.20. The van der Waals surface area contributed by atoms with E-state index in [1.807, 2.05) is 48.9 Å². The lowest BCUT2D eigenvalue weighted by molar-refractivity contribution is 0.883. The molecule has 0 saturated heterocycles. The molecule has 27 heavy (non-hydrogen) atoms. The largest absolute Gasteiger partial charge is 0.370 e. The molecule has 134 valence electrons. The third-order valence-corrected chi connectivity index (χ3v) is 5.27. The van der Waals surface area contributed by atoms with Crippen LogP contribution in [0.1, 0.15) is 12.8 Å². The fourth-order valence-corrected chi connectivity index (χ4v) is 3.47. The van der Waals surface area contributed by atoms with Gasteiger partial charge in [-0.05, 0) is 67.3 Å². The minimum Gasteiger partial charge on any atom is -0.370 e. The van der Waals surface area contributed by atoms with Crippen molar-refractivity contribution in [3.05, 3.63) is 72.1 Å². The molecule has 1 N–H and O–H groups in total. The Morgan fingerprint density at radius 1 is 1.04 bits per heavy atom. The van der Waals surface area contributed by atoms with E-state index in [0.29, 0.717) is 0 Å². The van der Waals surface area contributed by atoms with E-state index in [2.05, 4.69) is 38.1 Å². The second-order valence-corrected chi connectivity index (χ2v) is 7.47. The van der Waals surface area contributed by atoms with Gasteiger partial charge in [0.05, 0.1) is 17.4 Å². The fourth-order valence-electron chi connectivity index (χ4n) is 3.35. The molecular formula is C22H19ClN4. The number of hydrogen-bond donors (Lipinski definition) is 1. The van der Waals surface area contributed by atoms with Gasteiger partial charge in [0.25, 0.3) is 0 Å². The third kappa shape index (κ3) is 3.28. The van der Waals surface area contributed by atoms with Crippen LogP contribution in [0.5, 0.6) is 0 Å². The topological polar surface area (TPSA) is 42.7 Å². The van der Waals surface area contributed by atoms with E-state index in [1.54, 1.807) is 0 Å². The van der Waals surface area contributed by atoms with Gasteiger partial charge >= 0.3 is 0 Å². The Hall–Kier alpha value is -2.85. The zero-order chi connectivity index (χ0) is 18.2. The van der Waals surface area contributed by atoms with E-state index < -0.39 is 0 Å². The molecule has 5 rings (SSSR count). The second kappa shape index (κ2) is 6.71. The van der Waals surface area contributed by atoms with Crippen molar-refractivity contribution in [1.29, 1.82) is 0 Å². The van der Waals surface area contributed by atoms with Crippen LogP contribution >= 0.6 is 11.6 Å². The number of aromatic nitrogens is 3. The summed E-state index contributed by atoms with van der Waals surface area (Å²) in [5.41, 5.74) is 4.26. The van der Waals surface area contributed by atoms with E-state index in [0.717, 1.165) is 51.2 Å². The summed E-state index contributed by atoms with van der Waals surface area (Å²) in [6.45, 7) is 1.02. The van der Waals surface area contributed by atoms with Crippen molar-refractivity contribution < 1.29 is 0 Å². The Morgan fingerprint density at radius 2 is 1.89 bits per heavy atom. The zero-order valence-electron chi connectivity index (χ0n) is 14.8. The molecule has 0 aliphatic heterocycles. The lowest BCUT2D eigenvalue weighted by Gasteiger charge is -2.12. The van der Waals surface area contributed by atoms with Gasteiger partial charge in [0, 0.05) is 40.6 Å². The summed E-state index contributed by atoms with van der Waals surface area (Å²) in [4.78, 5) is 8.92. The van der Waals surface area contributed by atoms with Gasteiger partial charge in [-0.15, -0.1) is 0 Å². The molecule has 4 aromatic rings. The Balaban J connectivity index is 1.57. The first-order valence-electron chi connectivity index (χ1n) is 9.20. The average Bonchev–Trinajstić information content (AvgIpc) is 3.46. The van der Waals surface area contributed by atoms with E-state index in [1.165, 1.54) is 12.8 Å². The van der Waals surface area contributed by atoms with Gasteiger partial charge in [-0.2, -0.15) is 0 Å². The fraction of sp³-hybridized carbons (Fsp3) is 0.182. The maximum Gasteiger partial charge on any atom is 0.125 e. The number of nitrogens with one attached hydrogen (secondary N) is 1. The predicted octanol–water partition coefficient (Wildman–Crippen LogP) is 5.56. The molecule has 1 fully saturated rings. The summed E-state index contributed by atoms with van der Waals surface area (Å²) in [6.07, 6.45) is 8.32. The highest BCUT2D eigenvalue weighted by atomic mass is 35.5. The first-order valence-corrected chi connectivity index (χ1v) is 9.57. The summed E-state index contributed by atoms with van der Waals surface area (Å²) >= 11 is 6.08. The summed E-state index contributed by atoms with van der Waals surface area (Å²) in [7, 11) is 0. The van der Waals surface area contributed by atoms with E-state index in [9.17, 15) is 0 Å². The quantitative estimate of drug-likeness (QED) is 0.497. The monoisotopic (exact) mass is 374 g/mol. The molecule has 0 unspecified atom stereocenters. The molecule has 1 saturated carbocycles. The van der Waals surface area contributed by atoms with Crippen LogP contribution in [0.4, 0.5) is 5.82 Å². The number of halogens is 1. The van der Waals surface area contributed by atoms with Crippen LogP contribution in [0.25, 0.3) is 27.8 Å². The van der Waals surface area contributed by atoms with Crippen LogP contribution in [0, 0.1) is 5.92 Å². The molecule has 1 aromatic carbocycles. The molecule has 4 nitrogen and oxygen atoms in total. The zero-order valence-corrected chi connectivity index (χ0v) is 15.5. The maximum atomic E-state index is 6.08. The first kappa shape index (κ1) is 16.3.